The van der Waals surface area contributed by atoms with Gasteiger partial charge >= 0.3 is 0 Å². The number of aromatic nitrogens is 1. The largest absolute Gasteiger partial charge is 0.423 e. The maximum absolute atomic E-state index is 5.91. The van der Waals surface area contributed by atoms with Gasteiger partial charge in [-0.05, 0) is 37.8 Å². The molecule has 18 heavy (non-hydrogen) atoms. The Morgan fingerprint density at radius 1 is 1.17 bits per heavy atom. The fourth-order valence-electron chi connectivity index (χ4n) is 3.39. The van der Waals surface area contributed by atoms with Crippen LogP contribution < -0.4 is 4.90 Å². The first-order valence-electron chi connectivity index (χ1n) is 6.62. The van der Waals surface area contributed by atoms with Crippen molar-refractivity contribution in [1.82, 2.24) is 4.98 Å². The number of piperidine rings is 1. The third-order valence-corrected chi connectivity index (χ3v) is 4.17. The molecule has 0 saturated carbocycles. The average molecular weight is 240 g/mol. The zero-order chi connectivity index (χ0) is 12.1. The minimum Gasteiger partial charge on any atom is -0.423 e. The Balaban J connectivity index is 1.77. The Bertz CT molecular complexity index is 567. The molecule has 2 aliphatic heterocycles. The van der Waals surface area contributed by atoms with Gasteiger partial charge in [0.25, 0.3) is 6.01 Å². The van der Waals surface area contributed by atoms with Crippen molar-refractivity contribution in [1.29, 1.82) is 0 Å². The van der Waals surface area contributed by atoms with Crippen LogP contribution in [0.5, 0.6) is 0 Å². The molecule has 92 valence electrons. The lowest BCUT2D eigenvalue weighted by molar-refractivity contribution is 0.481. The summed E-state index contributed by atoms with van der Waals surface area (Å²) in [6.07, 6.45) is 4.66. The molecule has 3 heterocycles. The highest BCUT2D eigenvalue weighted by molar-refractivity contribution is 5.74. The number of fused-ring (bicyclic) bond motifs is 3. The molecule has 1 aromatic carbocycles. The van der Waals surface area contributed by atoms with E-state index < -0.39 is 0 Å². The van der Waals surface area contributed by atoms with E-state index in [9.17, 15) is 0 Å². The van der Waals surface area contributed by atoms with Crippen molar-refractivity contribution in [2.45, 2.75) is 37.8 Å². The molecule has 2 fully saturated rings. The predicted molar refractivity (Wildman–Crippen MR) is 71.7 cm³/mol. The summed E-state index contributed by atoms with van der Waals surface area (Å²) in [6.45, 7) is 4.15. The van der Waals surface area contributed by atoms with E-state index in [1.807, 2.05) is 24.3 Å². The minimum atomic E-state index is 0.546. The van der Waals surface area contributed by atoms with Gasteiger partial charge in [0.1, 0.15) is 5.52 Å². The van der Waals surface area contributed by atoms with E-state index in [0.717, 1.165) is 30.0 Å². The molecule has 1 aromatic heterocycles. The first-order chi connectivity index (χ1) is 8.81. The number of benzene rings is 1. The van der Waals surface area contributed by atoms with Gasteiger partial charge in [0.15, 0.2) is 5.58 Å². The quantitative estimate of drug-likeness (QED) is 0.714. The van der Waals surface area contributed by atoms with E-state index >= 15 is 0 Å². The van der Waals surface area contributed by atoms with E-state index in [1.54, 1.807) is 0 Å². The summed E-state index contributed by atoms with van der Waals surface area (Å²) < 4.78 is 5.91. The van der Waals surface area contributed by atoms with Crippen molar-refractivity contribution < 1.29 is 4.42 Å². The summed E-state index contributed by atoms with van der Waals surface area (Å²) in [5.41, 5.74) is 3.22. The second kappa shape index (κ2) is 3.61. The highest BCUT2D eigenvalue weighted by Crippen LogP contribution is 2.41. The van der Waals surface area contributed by atoms with E-state index in [-0.39, 0.29) is 0 Å². The Labute approximate surface area is 106 Å². The Kier molecular flexibility index (Phi) is 2.04. The maximum Gasteiger partial charge on any atom is 0.298 e. The number of nitrogens with zero attached hydrogens (tertiary/aromatic N) is 2. The molecule has 4 rings (SSSR count). The fraction of sp³-hybridized carbons (Fsp3) is 0.400. The number of anilines is 1. The molecular weight excluding hydrogens is 224 g/mol. The summed E-state index contributed by atoms with van der Waals surface area (Å²) >= 11 is 0. The number of hydrogen-bond donors (Lipinski definition) is 0. The molecule has 2 aromatic rings. The van der Waals surface area contributed by atoms with Gasteiger partial charge < -0.3 is 9.32 Å². The molecular formula is C15H16N2O. The van der Waals surface area contributed by atoms with Crippen LogP contribution in [0.4, 0.5) is 6.01 Å². The van der Waals surface area contributed by atoms with E-state index in [2.05, 4.69) is 16.5 Å². The zero-order valence-corrected chi connectivity index (χ0v) is 10.3. The molecule has 2 saturated heterocycles. The minimum absolute atomic E-state index is 0.546. The lowest BCUT2D eigenvalue weighted by atomic mass is 9.99. The second-order valence-electron chi connectivity index (χ2n) is 5.41. The van der Waals surface area contributed by atoms with Crippen LogP contribution in [0.1, 0.15) is 25.7 Å². The van der Waals surface area contributed by atoms with Crippen molar-refractivity contribution in [3.05, 3.63) is 36.4 Å². The lowest BCUT2D eigenvalue weighted by Crippen LogP contribution is -2.40. The molecule has 0 aliphatic carbocycles. The lowest BCUT2D eigenvalue weighted by Gasteiger charge is -2.34. The van der Waals surface area contributed by atoms with Crippen LogP contribution in [0.15, 0.2) is 40.8 Å². The van der Waals surface area contributed by atoms with Crippen LogP contribution in [-0.2, 0) is 0 Å². The van der Waals surface area contributed by atoms with Crippen LogP contribution in [0, 0.1) is 0 Å². The summed E-state index contributed by atoms with van der Waals surface area (Å²) in [4.78, 5) is 7.02. The summed E-state index contributed by atoms with van der Waals surface area (Å²) in [6, 6.07) is 9.87. The van der Waals surface area contributed by atoms with Gasteiger partial charge in [0.2, 0.25) is 0 Å². The Morgan fingerprint density at radius 2 is 1.89 bits per heavy atom. The number of hydrogen-bond acceptors (Lipinski definition) is 3. The molecule has 0 N–H and O–H groups in total. The molecule has 0 radical (unpaired) electrons. The zero-order valence-electron chi connectivity index (χ0n) is 10.3. The van der Waals surface area contributed by atoms with Crippen molar-refractivity contribution in [3.63, 3.8) is 0 Å². The van der Waals surface area contributed by atoms with Crippen molar-refractivity contribution in [2.75, 3.05) is 4.90 Å². The van der Waals surface area contributed by atoms with Gasteiger partial charge in [0.05, 0.1) is 0 Å². The topological polar surface area (TPSA) is 29.3 Å². The highest BCUT2D eigenvalue weighted by atomic mass is 16.4. The Hall–Kier alpha value is -1.77. The first-order valence-corrected chi connectivity index (χ1v) is 6.62. The molecule has 2 aliphatic rings. The predicted octanol–water partition coefficient (Wildman–Crippen LogP) is 3.52. The van der Waals surface area contributed by atoms with E-state index in [0.29, 0.717) is 12.1 Å². The van der Waals surface area contributed by atoms with Crippen molar-refractivity contribution in [3.8, 4) is 0 Å². The standard InChI is InChI=1S/C15H16N2O/c1-10-8-11-6-7-12(9-10)17(11)15-16-13-4-2-3-5-14(13)18-15/h2-5,11-12H,1,6-9H2. The molecule has 3 heteroatoms. The van der Waals surface area contributed by atoms with Gasteiger partial charge in [0, 0.05) is 12.1 Å². The second-order valence-corrected chi connectivity index (χ2v) is 5.41. The average Bonchev–Trinajstić information content (AvgIpc) is 2.88. The molecule has 2 atom stereocenters. The maximum atomic E-state index is 5.91. The van der Waals surface area contributed by atoms with E-state index in [1.165, 1.54) is 18.4 Å². The SMILES string of the molecule is C=C1CC2CCC(C1)N2c1nc2ccccc2o1. The smallest absolute Gasteiger partial charge is 0.298 e. The van der Waals surface area contributed by atoms with Crippen molar-refractivity contribution >= 4 is 17.1 Å². The number of para-hydroxylation sites is 2. The third-order valence-electron chi connectivity index (χ3n) is 4.17. The van der Waals surface area contributed by atoms with Gasteiger partial charge in [-0.1, -0.05) is 24.3 Å². The molecule has 2 unspecified atom stereocenters. The van der Waals surface area contributed by atoms with Crippen LogP contribution >= 0.6 is 0 Å². The van der Waals surface area contributed by atoms with E-state index in [4.69, 9.17) is 4.42 Å². The third kappa shape index (κ3) is 1.40. The number of oxazole rings is 1. The highest BCUT2D eigenvalue weighted by Gasteiger charge is 2.40. The molecule has 2 bridgehead atoms. The van der Waals surface area contributed by atoms with Crippen LogP contribution in [0.2, 0.25) is 0 Å². The van der Waals surface area contributed by atoms with Crippen molar-refractivity contribution in [2.24, 2.45) is 0 Å². The van der Waals surface area contributed by atoms with Gasteiger partial charge in [-0.15, -0.1) is 0 Å². The normalized spacial score (nSPS) is 27.1. The molecule has 3 nitrogen and oxygen atoms in total. The molecule has 0 amide bonds. The summed E-state index contributed by atoms with van der Waals surface area (Å²) in [5.74, 6) is 0. The summed E-state index contributed by atoms with van der Waals surface area (Å²) in [5, 5.41) is 0. The van der Waals surface area contributed by atoms with Gasteiger partial charge in [-0.25, -0.2) is 0 Å². The first kappa shape index (κ1) is 10.2. The van der Waals surface area contributed by atoms with Gasteiger partial charge in [-0.2, -0.15) is 4.98 Å². The molecule has 0 spiro atoms. The fourth-order valence-corrected chi connectivity index (χ4v) is 3.39. The summed E-state index contributed by atoms with van der Waals surface area (Å²) in [7, 11) is 0. The Morgan fingerprint density at radius 3 is 2.61 bits per heavy atom. The number of rotatable bonds is 1. The van der Waals surface area contributed by atoms with Crippen LogP contribution in [0.3, 0.4) is 0 Å². The van der Waals surface area contributed by atoms with Crippen LogP contribution in [-0.4, -0.2) is 17.1 Å². The van der Waals surface area contributed by atoms with Gasteiger partial charge in [-0.3, -0.25) is 0 Å². The monoisotopic (exact) mass is 240 g/mol. The van der Waals surface area contributed by atoms with Crippen LogP contribution in [0.25, 0.3) is 11.1 Å².